The summed E-state index contributed by atoms with van der Waals surface area (Å²) in [6, 6.07) is 15.5. The lowest BCUT2D eigenvalue weighted by Gasteiger charge is -2.37. The van der Waals surface area contributed by atoms with E-state index in [0.717, 1.165) is 10.0 Å². The molecule has 0 aliphatic carbocycles. The Bertz CT molecular complexity index is 1210. The fourth-order valence-electron chi connectivity index (χ4n) is 4.41. The molecule has 0 bridgehead atoms. The number of carbonyl (C=O) groups is 1. The van der Waals surface area contributed by atoms with Crippen molar-refractivity contribution in [2.24, 2.45) is 5.92 Å². The van der Waals surface area contributed by atoms with E-state index in [2.05, 4.69) is 15.9 Å². The number of amides is 1. The van der Waals surface area contributed by atoms with Crippen LogP contribution in [0.15, 0.2) is 64.0 Å². The average Bonchev–Trinajstić information content (AvgIpc) is 2.85. The number of piperidine rings is 1. The van der Waals surface area contributed by atoms with Crippen LogP contribution in [0.1, 0.15) is 18.4 Å². The van der Waals surface area contributed by atoms with E-state index in [-0.39, 0.29) is 35.6 Å². The van der Waals surface area contributed by atoms with E-state index in [0.29, 0.717) is 39.0 Å². The minimum absolute atomic E-state index is 0.0123. The summed E-state index contributed by atoms with van der Waals surface area (Å²) < 4.78 is 55.0. The normalized spacial score (nSPS) is 19.3. The highest BCUT2D eigenvalue weighted by atomic mass is 79.9. The Balaban J connectivity index is 1.29. The number of sulfonamides is 2. The number of nitrogens with zero attached hydrogens (tertiary/aromatic N) is 3. The molecule has 11 heteroatoms. The molecule has 4 rings (SSSR count). The summed E-state index contributed by atoms with van der Waals surface area (Å²) in [6.45, 7) is 1.82. The molecule has 2 aromatic rings. The number of piperazine rings is 1. The van der Waals surface area contributed by atoms with Gasteiger partial charge in [-0.3, -0.25) is 4.79 Å². The average molecular weight is 571 g/mol. The van der Waals surface area contributed by atoms with E-state index >= 15 is 0 Å². The van der Waals surface area contributed by atoms with Gasteiger partial charge in [-0.2, -0.15) is 4.31 Å². The SMILES string of the molecule is O=C(C1CCN(S(=O)(=O)Cc2ccc(Br)cc2)CC1)N1CCN(S(=O)(=O)c2ccccc2)CC1. The van der Waals surface area contributed by atoms with Gasteiger partial charge in [0.15, 0.2) is 0 Å². The molecule has 0 saturated carbocycles. The van der Waals surface area contributed by atoms with E-state index in [1.165, 1.54) is 8.61 Å². The Hall–Kier alpha value is -1.79. The van der Waals surface area contributed by atoms with E-state index in [1.54, 1.807) is 47.4 Å². The van der Waals surface area contributed by atoms with Crippen molar-refractivity contribution in [3.05, 3.63) is 64.6 Å². The van der Waals surface area contributed by atoms with Gasteiger partial charge in [-0.15, -0.1) is 0 Å². The summed E-state index contributed by atoms with van der Waals surface area (Å²) in [5, 5.41) is 0. The van der Waals surface area contributed by atoms with Gasteiger partial charge in [0.05, 0.1) is 10.6 Å². The molecule has 0 aromatic heterocycles. The zero-order valence-corrected chi connectivity index (χ0v) is 21.9. The quantitative estimate of drug-likeness (QED) is 0.532. The first-order chi connectivity index (χ1) is 16.2. The van der Waals surface area contributed by atoms with Gasteiger partial charge < -0.3 is 4.90 Å². The third-order valence-corrected chi connectivity index (χ3v) is 10.7. The van der Waals surface area contributed by atoms with Gasteiger partial charge in [-0.05, 0) is 42.7 Å². The highest BCUT2D eigenvalue weighted by Gasteiger charge is 2.35. The minimum atomic E-state index is -3.57. The monoisotopic (exact) mass is 569 g/mol. The lowest BCUT2D eigenvalue weighted by atomic mass is 9.96. The fourth-order valence-corrected chi connectivity index (χ4v) is 7.68. The maximum atomic E-state index is 13.0. The van der Waals surface area contributed by atoms with Crippen LogP contribution in [0.2, 0.25) is 0 Å². The fraction of sp³-hybridized carbons (Fsp3) is 0.435. The van der Waals surface area contributed by atoms with Crippen LogP contribution in [0.5, 0.6) is 0 Å². The third kappa shape index (κ3) is 5.71. The molecular weight excluding hydrogens is 542 g/mol. The zero-order chi connectivity index (χ0) is 24.3. The van der Waals surface area contributed by atoms with Crippen molar-refractivity contribution in [2.75, 3.05) is 39.3 Å². The highest BCUT2D eigenvalue weighted by molar-refractivity contribution is 9.10. The second kappa shape index (κ2) is 10.4. The molecule has 0 unspecified atom stereocenters. The van der Waals surface area contributed by atoms with Crippen LogP contribution in [0.3, 0.4) is 0 Å². The number of benzene rings is 2. The van der Waals surface area contributed by atoms with Gasteiger partial charge >= 0.3 is 0 Å². The summed E-state index contributed by atoms with van der Waals surface area (Å²) >= 11 is 3.35. The van der Waals surface area contributed by atoms with Crippen molar-refractivity contribution in [3.8, 4) is 0 Å². The van der Waals surface area contributed by atoms with Crippen LogP contribution >= 0.6 is 15.9 Å². The van der Waals surface area contributed by atoms with Crippen molar-refractivity contribution in [1.82, 2.24) is 13.5 Å². The second-order valence-electron chi connectivity index (χ2n) is 8.60. The molecule has 2 aromatic carbocycles. The smallest absolute Gasteiger partial charge is 0.243 e. The summed E-state index contributed by atoms with van der Waals surface area (Å²) in [7, 11) is -7.02. The molecule has 2 aliphatic rings. The molecule has 2 aliphatic heterocycles. The third-order valence-electron chi connectivity index (χ3n) is 6.39. The van der Waals surface area contributed by atoms with E-state index in [1.807, 2.05) is 12.1 Å². The van der Waals surface area contributed by atoms with Crippen molar-refractivity contribution in [1.29, 1.82) is 0 Å². The van der Waals surface area contributed by atoms with Gasteiger partial charge in [0.25, 0.3) is 0 Å². The molecule has 1 amide bonds. The number of hydrogen-bond acceptors (Lipinski definition) is 5. The van der Waals surface area contributed by atoms with Crippen LogP contribution in [0.4, 0.5) is 0 Å². The first kappa shape index (κ1) is 25.3. The Morgan fingerprint density at radius 2 is 1.38 bits per heavy atom. The van der Waals surface area contributed by atoms with Crippen LogP contribution < -0.4 is 0 Å². The Labute approximate surface area is 209 Å². The first-order valence-corrected chi connectivity index (χ1v) is 15.1. The van der Waals surface area contributed by atoms with Crippen LogP contribution in [0.25, 0.3) is 0 Å². The molecule has 0 atom stereocenters. The van der Waals surface area contributed by atoms with Crippen molar-refractivity contribution in [2.45, 2.75) is 23.5 Å². The Morgan fingerprint density at radius 1 is 0.794 bits per heavy atom. The highest BCUT2D eigenvalue weighted by Crippen LogP contribution is 2.25. The summed E-state index contributed by atoms with van der Waals surface area (Å²) in [5.41, 5.74) is 0.727. The van der Waals surface area contributed by atoms with Crippen LogP contribution in [-0.2, 0) is 30.6 Å². The number of hydrogen-bond donors (Lipinski definition) is 0. The summed E-state index contributed by atoms with van der Waals surface area (Å²) in [4.78, 5) is 15.0. The molecular formula is C23H28BrN3O5S2. The van der Waals surface area contributed by atoms with Gasteiger partial charge in [-0.25, -0.2) is 21.1 Å². The number of carbonyl (C=O) groups excluding carboxylic acids is 1. The predicted molar refractivity (Wildman–Crippen MR) is 133 cm³/mol. The summed E-state index contributed by atoms with van der Waals surface area (Å²) in [6.07, 6.45) is 0.946. The standard InChI is InChI=1S/C23H28BrN3O5S2/c24-21-8-6-19(7-9-21)18-33(29,30)26-12-10-20(11-13-26)23(28)25-14-16-27(17-15-25)34(31,32)22-4-2-1-3-5-22/h1-9,20H,10-18H2. The molecule has 34 heavy (non-hydrogen) atoms. The van der Waals surface area contributed by atoms with Crippen LogP contribution in [-0.4, -0.2) is 75.5 Å². The lowest BCUT2D eigenvalue weighted by molar-refractivity contribution is -0.137. The van der Waals surface area contributed by atoms with Gasteiger partial charge in [0.1, 0.15) is 0 Å². The van der Waals surface area contributed by atoms with Gasteiger partial charge in [0, 0.05) is 49.7 Å². The van der Waals surface area contributed by atoms with Crippen molar-refractivity contribution in [3.63, 3.8) is 0 Å². The molecule has 2 saturated heterocycles. The molecule has 0 N–H and O–H groups in total. The number of rotatable bonds is 6. The first-order valence-electron chi connectivity index (χ1n) is 11.2. The molecule has 184 valence electrons. The van der Waals surface area contributed by atoms with Crippen LogP contribution in [0, 0.1) is 5.92 Å². The lowest BCUT2D eigenvalue weighted by Crippen LogP contribution is -2.53. The van der Waals surface area contributed by atoms with Gasteiger partial charge in [0.2, 0.25) is 26.0 Å². The summed E-state index contributed by atoms with van der Waals surface area (Å²) in [5.74, 6) is -0.311. The van der Waals surface area contributed by atoms with Crippen molar-refractivity contribution >= 4 is 41.9 Å². The maximum absolute atomic E-state index is 13.0. The number of halogens is 1. The molecule has 2 heterocycles. The van der Waals surface area contributed by atoms with E-state index in [4.69, 9.17) is 0 Å². The minimum Gasteiger partial charge on any atom is -0.340 e. The zero-order valence-electron chi connectivity index (χ0n) is 18.7. The molecule has 8 nitrogen and oxygen atoms in total. The largest absolute Gasteiger partial charge is 0.340 e. The molecule has 0 radical (unpaired) electrons. The maximum Gasteiger partial charge on any atom is 0.243 e. The van der Waals surface area contributed by atoms with E-state index < -0.39 is 20.0 Å². The molecule has 2 fully saturated rings. The predicted octanol–water partition coefficient (Wildman–Crippen LogP) is 2.52. The van der Waals surface area contributed by atoms with Gasteiger partial charge in [-0.1, -0.05) is 46.3 Å². The van der Waals surface area contributed by atoms with Crippen molar-refractivity contribution < 1.29 is 21.6 Å². The van der Waals surface area contributed by atoms with E-state index in [9.17, 15) is 21.6 Å². The second-order valence-corrected chi connectivity index (χ2v) is 13.4. The Kier molecular flexibility index (Phi) is 7.78. The topological polar surface area (TPSA) is 95.1 Å². The Morgan fingerprint density at radius 3 is 1.97 bits per heavy atom. The molecule has 0 spiro atoms.